The smallest absolute Gasteiger partial charge is 0.0645 e. The molecule has 2 heterocycles. The minimum Gasteiger partial charge on any atom is -0.311 e. The molecule has 0 atom stereocenters. The van der Waals surface area contributed by atoms with Crippen LogP contribution in [-0.2, 0) is 0 Å². The van der Waals surface area contributed by atoms with Crippen molar-refractivity contribution < 1.29 is 30.2 Å². The van der Waals surface area contributed by atoms with E-state index >= 15 is 0 Å². The fourth-order valence-corrected chi connectivity index (χ4v) is 17.9. The summed E-state index contributed by atoms with van der Waals surface area (Å²) in [6.07, 6.45) is 0. The number of rotatable bonds is 20. The molecule has 0 saturated heterocycles. The molecule has 0 aliphatic carbocycles. The van der Waals surface area contributed by atoms with E-state index in [0.29, 0.717) is 38.8 Å². The highest BCUT2D eigenvalue weighted by Gasteiger charge is 2.22. The van der Waals surface area contributed by atoms with Crippen LogP contribution < -0.4 is 9.80 Å². The summed E-state index contributed by atoms with van der Waals surface area (Å²) in [6.45, 7) is 0. The van der Waals surface area contributed by atoms with Gasteiger partial charge in [-0.25, -0.2) is 0 Å². The summed E-state index contributed by atoms with van der Waals surface area (Å²) < 4.78 is 209. The highest BCUT2D eigenvalue weighted by Crippen LogP contribution is 2.45. The maximum Gasteiger partial charge on any atom is 0.0645 e. The first kappa shape index (κ1) is 61.6. The van der Waals surface area contributed by atoms with Crippen molar-refractivity contribution in [1.29, 1.82) is 0 Å². The number of aromatic nitrogens is 2. The summed E-state index contributed by atoms with van der Waals surface area (Å²) in [4.78, 5) is 2.95. The number of hydrogen-bond donors (Lipinski definition) is 0. The van der Waals surface area contributed by atoms with E-state index in [1.807, 2.05) is 234 Å². The van der Waals surface area contributed by atoms with Crippen molar-refractivity contribution in [2.24, 2.45) is 0 Å². The van der Waals surface area contributed by atoms with Gasteiger partial charge in [-0.15, -0.1) is 0 Å². The summed E-state index contributed by atoms with van der Waals surface area (Å²) in [7, 11) is 0. The van der Waals surface area contributed by atoms with Gasteiger partial charge in [0, 0.05) is 67.0 Å². The lowest BCUT2D eigenvalue weighted by Gasteiger charge is -2.26. The molecule has 0 N–H and O–H groups in total. The van der Waals surface area contributed by atoms with Crippen LogP contribution in [0.25, 0.3) is 189 Å². The molecule has 24 rings (SSSR count). The molecule has 0 unspecified atom stereocenters. The summed E-state index contributed by atoms with van der Waals surface area (Å²) in [5.74, 6) is 0. The van der Waals surface area contributed by atoms with E-state index in [1.165, 1.54) is 0 Å². The predicted molar refractivity (Wildman–Crippen MR) is 576 cm³/mol. The molecule has 4 nitrogen and oxygen atoms in total. The first-order valence-electron chi connectivity index (χ1n) is 55.9. The first-order valence-corrected chi connectivity index (χ1v) is 44.9. The van der Waals surface area contributed by atoms with Gasteiger partial charge in [-0.05, 0) is 279 Å². The van der Waals surface area contributed by atoms with E-state index in [2.05, 4.69) is 168 Å². The monoisotopic (exact) mass is 1750 g/mol. The minimum atomic E-state index is -0.894. The Kier molecular flexibility index (Phi) is 16.8. The molecule has 136 heavy (non-hydrogen) atoms. The number of para-hydroxylation sites is 2. The number of anilines is 6. The van der Waals surface area contributed by atoms with Gasteiger partial charge in [-0.3, -0.25) is 0 Å². The maximum absolute atomic E-state index is 9.86. The molecule has 0 aliphatic heterocycles. The van der Waals surface area contributed by atoms with Gasteiger partial charge in [0.15, 0.2) is 0 Å². The van der Waals surface area contributed by atoms with E-state index < -0.39 is 136 Å². The Morgan fingerprint density at radius 2 is 0.375 bits per heavy atom. The summed E-state index contributed by atoms with van der Waals surface area (Å²) in [5, 5.41) is 3.19. The molecular formula is C132H92N4. The Balaban J connectivity index is 0.000000173. The van der Waals surface area contributed by atoms with Crippen LogP contribution in [0.4, 0.5) is 34.1 Å². The van der Waals surface area contributed by atoms with Crippen LogP contribution in [0.1, 0.15) is 30.2 Å². The zero-order chi connectivity index (χ0) is 110. The zero-order valence-electron chi connectivity index (χ0n) is 95.2. The molecule has 0 radical (unpaired) electrons. The van der Waals surface area contributed by atoms with Crippen molar-refractivity contribution in [2.75, 3.05) is 9.80 Å². The molecular weight excluding hydrogens is 1640 g/mol. The Morgan fingerprint density at radius 3 is 0.757 bits per heavy atom. The van der Waals surface area contributed by atoms with Gasteiger partial charge < -0.3 is 18.9 Å². The van der Waals surface area contributed by atoms with Gasteiger partial charge in [0.25, 0.3) is 0 Å². The van der Waals surface area contributed by atoms with Crippen molar-refractivity contribution in [3.8, 4) is 145 Å². The zero-order valence-corrected chi connectivity index (χ0v) is 73.2. The molecule has 0 amide bonds. The molecule has 0 aliphatic rings. The number of benzene rings is 22. The molecule has 2 aromatic heterocycles. The van der Waals surface area contributed by atoms with Crippen LogP contribution >= 0.6 is 0 Å². The average Bonchev–Trinajstić information content (AvgIpc) is 1.20. The number of fused-ring (bicyclic) bond motifs is 6. The van der Waals surface area contributed by atoms with Crippen LogP contribution in [0.5, 0.6) is 0 Å². The highest BCUT2D eigenvalue weighted by molar-refractivity contribution is 6.12. The van der Waals surface area contributed by atoms with E-state index in [9.17, 15) is 17.8 Å². The van der Waals surface area contributed by atoms with Gasteiger partial charge in [-0.2, -0.15) is 0 Å². The molecule has 640 valence electrons. The Hall–Kier alpha value is -18.0. The van der Waals surface area contributed by atoms with Crippen LogP contribution in [-0.4, -0.2) is 9.13 Å². The second-order valence-electron chi connectivity index (χ2n) is 33.0. The van der Waals surface area contributed by atoms with Crippen molar-refractivity contribution in [3.05, 3.63) is 558 Å². The number of nitrogens with zero attached hydrogens (tertiary/aromatic N) is 4. The fraction of sp³-hybridized carbons (Fsp3) is 0. The molecule has 24 aromatic rings. The normalized spacial score (nSPS) is 13.5. The lowest BCUT2D eigenvalue weighted by molar-refractivity contribution is 1.18. The van der Waals surface area contributed by atoms with Crippen molar-refractivity contribution in [3.63, 3.8) is 0 Å². The third kappa shape index (κ3) is 16.8. The van der Waals surface area contributed by atoms with Crippen LogP contribution in [0, 0.1) is 0 Å². The van der Waals surface area contributed by atoms with Crippen LogP contribution in [0.3, 0.4) is 0 Å². The van der Waals surface area contributed by atoms with Crippen molar-refractivity contribution in [1.82, 2.24) is 9.13 Å². The molecule has 0 bridgehead atoms. The first-order chi connectivity index (χ1) is 76.6. The Bertz CT molecular complexity index is 9710. The third-order valence-corrected chi connectivity index (χ3v) is 24.7. The average molecular weight is 1760 g/mol. The van der Waals surface area contributed by atoms with Gasteiger partial charge in [0.05, 0.1) is 52.2 Å². The van der Waals surface area contributed by atoms with Gasteiger partial charge >= 0.3 is 0 Å². The third-order valence-electron chi connectivity index (χ3n) is 24.7. The van der Waals surface area contributed by atoms with E-state index in [-0.39, 0.29) is 58.3 Å². The fourth-order valence-electron chi connectivity index (χ4n) is 17.9. The SMILES string of the molecule is [2H]c1c([2H])c(N(c2ccc(-c3ccc(-c4ccccc4)cc3)cc2)c2ccc(-c3cccc(-c4ccccc4)c3)cc2)c([2H])c([2H])c1-c1ccc2c(c1)c1ccccc1n2-c1cccc(-c2ccccc2)c1.[2H]c1c([2H])c([2H])c(-c2c([2H])c([2H])c(-c3c([2H])c([2H])c(N(c4ccc(-c5cccc(-c6ccccc6)c5)cc4)c4c([2H])c([2H])c(-c5ccc6c(c5[2H])c5ccccc5n6-c5cccc(-c6ccccc6)c5)c([2H])c4[2H])c([2H])c3[2H])c([2H])c2[2H])c([2H])c1[2H]. The van der Waals surface area contributed by atoms with Crippen LogP contribution in [0.2, 0.25) is 0 Å². The van der Waals surface area contributed by atoms with E-state index in [1.54, 1.807) is 36.4 Å². The quantitative estimate of drug-likeness (QED) is 0.0756. The van der Waals surface area contributed by atoms with Gasteiger partial charge in [0.2, 0.25) is 0 Å². The summed E-state index contributed by atoms with van der Waals surface area (Å²) >= 11 is 0. The second kappa shape index (κ2) is 37.1. The van der Waals surface area contributed by atoms with Gasteiger partial charge in [-0.1, -0.05) is 412 Å². The highest BCUT2D eigenvalue weighted by atomic mass is 15.1. The number of hydrogen-bond acceptors (Lipinski definition) is 2. The molecule has 0 fully saturated rings. The Labute approximate surface area is 825 Å². The van der Waals surface area contributed by atoms with Crippen molar-refractivity contribution in [2.45, 2.75) is 0 Å². The Morgan fingerprint density at radius 1 is 0.140 bits per heavy atom. The lowest BCUT2D eigenvalue weighted by atomic mass is 9.98. The molecule has 4 heteroatoms. The van der Waals surface area contributed by atoms with E-state index in [0.717, 1.165) is 127 Å². The summed E-state index contributed by atoms with van der Waals surface area (Å²) in [6, 6.07) is 126. The van der Waals surface area contributed by atoms with Gasteiger partial charge in [0.1, 0.15) is 0 Å². The lowest BCUT2D eigenvalue weighted by Crippen LogP contribution is -2.09. The minimum absolute atomic E-state index is 0.0697. The molecule has 22 aromatic carbocycles. The largest absolute Gasteiger partial charge is 0.311 e. The topological polar surface area (TPSA) is 16.3 Å². The predicted octanol–water partition coefficient (Wildman–Crippen LogP) is 36.5. The van der Waals surface area contributed by atoms with E-state index in [4.69, 9.17) is 12.3 Å². The standard InChI is InChI=1S/2C66H46N2/c2*1-4-14-47(15-5-1)50-26-28-51(29-27-50)52-30-37-59(38-31-52)67(60-39-32-53(33-40-60)56-21-12-20-55(44-56)48-16-6-2-7-17-48)61-41-34-54(35-42-61)58-36-43-66-64(46-58)63-24-10-11-25-65(63)68(66)62-23-13-22-57(45-62)49-18-8-3-9-19-49/h2*1-46H/i1D,4D,5D,14D,15D,26D,27D,28D,29D,30D,31D,34D,35D,37D,38D,41D,42D,46D;34D,35D,41D,42D. The molecule has 0 spiro atoms. The molecule has 0 saturated carbocycles. The van der Waals surface area contributed by atoms with Crippen molar-refractivity contribution >= 4 is 77.7 Å². The maximum atomic E-state index is 9.86. The second-order valence-corrected chi connectivity index (χ2v) is 33.0. The van der Waals surface area contributed by atoms with Crippen LogP contribution in [0.15, 0.2) is 558 Å². The summed E-state index contributed by atoms with van der Waals surface area (Å²) in [5.41, 5.74) is 20.4.